The maximum atomic E-state index is 12.6. The fourth-order valence-electron chi connectivity index (χ4n) is 2.93. The van der Waals surface area contributed by atoms with Crippen molar-refractivity contribution in [2.45, 2.75) is 18.1 Å². The molecule has 2 heterocycles. The molecule has 9 heteroatoms. The van der Waals surface area contributed by atoms with E-state index in [1.165, 1.54) is 15.3 Å². The maximum Gasteiger partial charge on any atom is 0.276 e. The molecule has 2 fully saturated rings. The van der Waals surface area contributed by atoms with Gasteiger partial charge in [0.1, 0.15) is 0 Å². The lowest BCUT2D eigenvalue weighted by atomic mass is 10.3. The van der Waals surface area contributed by atoms with Gasteiger partial charge in [-0.1, -0.05) is 18.2 Å². The molecular weight excluding hydrogens is 342 g/mol. The van der Waals surface area contributed by atoms with Crippen LogP contribution >= 0.6 is 0 Å². The molecule has 25 heavy (non-hydrogen) atoms. The summed E-state index contributed by atoms with van der Waals surface area (Å²) in [7, 11) is -3.17. The Morgan fingerprint density at radius 2 is 1.72 bits per heavy atom. The Hall–Kier alpha value is -2.26. The summed E-state index contributed by atoms with van der Waals surface area (Å²) >= 11 is 0. The number of hydrogen-bond acceptors (Lipinski definition) is 5. The molecule has 0 spiro atoms. The Bertz CT molecular complexity index is 868. The second-order valence-electron chi connectivity index (χ2n) is 6.29. The predicted octanol–water partition coefficient (Wildman–Crippen LogP) is 0.517. The van der Waals surface area contributed by atoms with Gasteiger partial charge in [0, 0.05) is 26.2 Å². The summed E-state index contributed by atoms with van der Waals surface area (Å²) in [6, 6.07) is 9.36. The lowest BCUT2D eigenvalue weighted by Gasteiger charge is -2.33. The molecule has 1 aliphatic heterocycles. The van der Waals surface area contributed by atoms with Crippen molar-refractivity contribution in [1.82, 2.24) is 24.2 Å². The summed E-state index contributed by atoms with van der Waals surface area (Å²) in [6.07, 6.45) is 2.96. The van der Waals surface area contributed by atoms with Gasteiger partial charge < -0.3 is 4.90 Å². The molecule has 0 radical (unpaired) electrons. The Kier molecular flexibility index (Phi) is 4.04. The van der Waals surface area contributed by atoms with Crippen LogP contribution in [0.4, 0.5) is 0 Å². The Balaban J connectivity index is 1.42. The van der Waals surface area contributed by atoms with Crippen LogP contribution < -0.4 is 0 Å². The van der Waals surface area contributed by atoms with Crippen LogP contribution in [0.3, 0.4) is 0 Å². The minimum atomic E-state index is -3.17. The molecule has 2 aromatic rings. The first-order valence-corrected chi connectivity index (χ1v) is 9.82. The number of carbonyl (C=O) groups excluding carboxylic acids is 1. The number of hydrogen-bond donors (Lipinski definition) is 0. The van der Waals surface area contributed by atoms with Gasteiger partial charge >= 0.3 is 0 Å². The van der Waals surface area contributed by atoms with Crippen molar-refractivity contribution in [3.8, 4) is 5.69 Å². The number of para-hydroxylation sites is 1. The quantitative estimate of drug-likeness (QED) is 0.792. The Labute approximate surface area is 146 Å². The topological polar surface area (TPSA) is 88.4 Å². The molecule has 1 aliphatic carbocycles. The Morgan fingerprint density at radius 1 is 1.04 bits per heavy atom. The van der Waals surface area contributed by atoms with Crippen molar-refractivity contribution in [3.05, 3.63) is 42.2 Å². The predicted molar refractivity (Wildman–Crippen MR) is 90.8 cm³/mol. The fraction of sp³-hybridized carbons (Fsp3) is 0.438. The van der Waals surface area contributed by atoms with Crippen molar-refractivity contribution >= 4 is 15.9 Å². The van der Waals surface area contributed by atoms with E-state index < -0.39 is 10.0 Å². The van der Waals surface area contributed by atoms with Crippen molar-refractivity contribution in [3.63, 3.8) is 0 Å². The first-order valence-electron chi connectivity index (χ1n) is 8.32. The van der Waals surface area contributed by atoms with E-state index in [0.29, 0.717) is 26.2 Å². The number of aromatic nitrogens is 3. The van der Waals surface area contributed by atoms with E-state index in [1.54, 1.807) is 4.90 Å². The first kappa shape index (κ1) is 16.2. The number of benzene rings is 1. The molecule has 4 rings (SSSR count). The third-order valence-electron chi connectivity index (χ3n) is 4.53. The molecule has 0 atom stereocenters. The summed E-state index contributed by atoms with van der Waals surface area (Å²) < 4.78 is 26.0. The summed E-state index contributed by atoms with van der Waals surface area (Å²) in [5.74, 6) is -0.217. The average molecular weight is 361 g/mol. The highest BCUT2D eigenvalue weighted by molar-refractivity contribution is 7.90. The van der Waals surface area contributed by atoms with E-state index in [2.05, 4.69) is 10.2 Å². The van der Waals surface area contributed by atoms with Crippen LogP contribution in [0.2, 0.25) is 0 Å². The third kappa shape index (κ3) is 3.16. The normalized spacial score (nSPS) is 19.1. The number of carbonyl (C=O) groups is 1. The second kappa shape index (κ2) is 6.23. The molecule has 0 bridgehead atoms. The zero-order valence-corrected chi connectivity index (χ0v) is 14.5. The van der Waals surface area contributed by atoms with E-state index in [1.807, 2.05) is 30.3 Å². The first-order chi connectivity index (χ1) is 12.1. The van der Waals surface area contributed by atoms with Crippen LogP contribution in [-0.2, 0) is 10.0 Å². The molecular formula is C16H19N5O3S. The van der Waals surface area contributed by atoms with Crippen molar-refractivity contribution in [2.24, 2.45) is 0 Å². The summed E-state index contributed by atoms with van der Waals surface area (Å²) in [5.41, 5.74) is 1.05. The molecule has 1 saturated carbocycles. The number of rotatable bonds is 4. The van der Waals surface area contributed by atoms with E-state index in [4.69, 9.17) is 0 Å². The molecule has 1 saturated heterocycles. The van der Waals surface area contributed by atoms with Crippen LogP contribution in [0.15, 0.2) is 36.5 Å². The standard InChI is InChI=1S/C16H19N5O3S/c22-16(15-12-17-21(18-15)13-4-2-1-3-5-13)19-8-10-20(11-9-19)25(23,24)14-6-7-14/h1-5,12,14H,6-11H2. The van der Waals surface area contributed by atoms with Gasteiger partial charge in [0.25, 0.3) is 5.91 Å². The average Bonchev–Trinajstić information content (AvgIpc) is 3.40. The number of nitrogens with zero attached hydrogens (tertiary/aromatic N) is 5. The minimum Gasteiger partial charge on any atom is -0.335 e. The molecule has 132 valence electrons. The number of amides is 1. The third-order valence-corrected chi connectivity index (χ3v) is 6.93. The van der Waals surface area contributed by atoms with Crippen LogP contribution in [0.1, 0.15) is 23.3 Å². The van der Waals surface area contributed by atoms with Crippen molar-refractivity contribution < 1.29 is 13.2 Å². The zero-order chi connectivity index (χ0) is 17.4. The van der Waals surface area contributed by atoms with Crippen molar-refractivity contribution in [1.29, 1.82) is 0 Å². The van der Waals surface area contributed by atoms with Gasteiger partial charge in [-0.3, -0.25) is 4.79 Å². The van der Waals surface area contributed by atoms with E-state index in [-0.39, 0.29) is 16.9 Å². The van der Waals surface area contributed by atoms with Gasteiger partial charge in [-0.2, -0.15) is 14.2 Å². The van der Waals surface area contributed by atoms with Gasteiger partial charge in [-0.05, 0) is 25.0 Å². The van der Waals surface area contributed by atoms with Crippen LogP contribution in [0, 0.1) is 0 Å². The zero-order valence-electron chi connectivity index (χ0n) is 13.7. The lowest BCUT2D eigenvalue weighted by Crippen LogP contribution is -2.51. The SMILES string of the molecule is O=C(c1cnn(-c2ccccc2)n1)N1CCN(S(=O)(=O)C2CC2)CC1. The van der Waals surface area contributed by atoms with Gasteiger partial charge in [-0.25, -0.2) is 8.42 Å². The lowest BCUT2D eigenvalue weighted by molar-refractivity contribution is 0.0691. The molecule has 8 nitrogen and oxygen atoms in total. The van der Waals surface area contributed by atoms with Crippen molar-refractivity contribution in [2.75, 3.05) is 26.2 Å². The number of piperazine rings is 1. The fourth-order valence-corrected chi connectivity index (χ4v) is 4.76. The summed E-state index contributed by atoms with van der Waals surface area (Å²) in [5, 5.41) is 8.18. The second-order valence-corrected chi connectivity index (χ2v) is 8.50. The smallest absolute Gasteiger partial charge is 0.276 e. The van der Waals surface area contributed by atoms with Crippen LogP contribution in [-0.4, -0.2) is 70.0 Å². The van der Waals surface area contributed by atoms with E-state index in [9.17, 15) is 13.2 Å². The van der Waals surface area contributed by atoms with Gasteiger partial charge in [-0.15, -0.1) is 5.10 Å². The van der Waals surface area contributed by atoms with Gasteiger partial charge in [0.2, 0.25) is 10.0 Å². The highest BCUT2D eigenvalue weighted by atomic mass is 32.2. The summed E-state index contributed by atoms with van der Waals surface area (Å²) in [4.78, 5) is 15.6. The molecule has 1 aromatic carbocycles. The Morgan fingerprint density at radius 3 is 2.36 bits per heavy atom. The number of sulfonamides is 1. The van der Waals surface area contributed by atoms with Gasteiger partial charge in [0.15, 0.2) is 5.69 Å². The van der Waals surface area contributed by atoms with Crippen LogP contribution in [0.5, 0.6) is 0 Å². The largest absolute Gasteiger partial charge is 0.335 e. The highest BCUT2D eigenvalue weighted by Gasteiger charge is 2.41. The highest BCUT2D eigenvalue weighted by Crippen LogP contribution is 2.31. The van der Waals surface area contributed by atoms with Crippen LogP contribution in [0.25, 0.3) is 5.69 Å². The maximum absolute atomic E-state index is 12.6. The van der Waals surface area contributed by atoms with Gasteiger partial charge in [0.05, 0.1) is 17.1 Å². The molecule has 1 aromatic heterocycles. The summed E-state index contributed by atoms with van der Waals surface area (Å²) in [6.45, 7) is 1.45. The molecule has 0 unspecified atom stereocenters. The molecule has 1 amide bonds. The monoisotopic (exact) mass is 361 g/mol. The minimum absolute atomic E-state index is 0.208. The molecule has 2 aliphatic rings. The molecule has 0 N–H and O–H groups in total. The van der Waals surface area contributed by atoms with E-state index >= 15 is 0 Å². The van der Waals surface area contributed by atoms with E-state index in [0.717, 1.165) is 18.5 Å².